The lowest BCUT2D eigenvalue weighted by Crippen LogP contribution is -2.09. The lowest BCUT2D eigenvalue weighted by Gasteiger charge is -2.09. The summed E-state index contributed by atoms with van der Waals surface area (Å²) in [6.45, 7) is 1.10. The lowest BCUT2D eigenvalue weighted by molar-refractivity contribution is 0.216. The highest BCUT2D eigenvalue weighted by molar-refractivity contribution is 5.27. The molecule has 2 aromatic rings. The predicted octanol–water partition coefficient (Wildman–Crippen LogP) is 2.92. The van der Waals surface area contributed by atoms with Gasteiger partial charge >= 0.3 is 0 Å². The molecule has 0 aliphatic carbocycles. The van der Waals surface area contributed by atoms with E-state index in [0.29, 0.717) is 12.3 Å². The summed E-state index contributed by atoms with van der Waals surface area (Å²) in [6.07, 6.45) is 0.828. The van der Waals surface area contributed by atoms with Crippen molar-refractivity contribution in [3.8, 4) is 11.5 Å². The topological polar surface area (TPSA) is 44.5 Å². The smallest absolute Gasteiger partial charge is 0.129 e. The van der Waals surface area contributed by atoms with E-state index in [2.05, 4.69) is 0 Å². The van der Waals surface area contributed by atoms with Crippen molar-refractivity contribution in [2.75, 3.05) is 19.8 Å². The molecule has 3 nitrogen and oxygen atoms in total. The summed E-state index contributed by atoms with van der Waals surface area (Å²) in [6, 6.07) is 10.7. The maximum Gasteiger partial charge on any atom is 0.129 e. The standard InChI is InChI=1S/C16H17F2NO2/c17-13-9-14(18)11-16(10-13)21-8-7-20-15-3-1-12(2-4-15)5-6-19/h1-4,9-11H,5-8,19H2. The third-order valence-corrected chi connectivity index (χ3v) is 2.81. The van der Waals surface area contributed by atoms with Crippen molar-refractivity contribution in [3.05, 3.63) is 59.7 Å². The zero-order valence-corrected chi connectivity index (χ0v) is 11.5. The van der Waals surface area contributed by atoms with E-state index in [9.17, 15) is 8.78 Å². The molecule has 0 spiro atoms. The maximum atomic E-state index is 12.9. The van der Waals surface area contributed by atoms with E-state index in [4.69, 9.17) is 15.2 Å². The van der Waals surface area contributed by atoms with E-state index in [1.54, 1.807) is 0 Å². The van der Waals surface area contributed by atoms with Gasteiger partial charge in [-0.1, -0.05) is 12.1 Å². The molecule has 0 aromatic heterocycles. The van der Waals surface area contributed by atoms with Crippen LogP contribution in [-0.2, 0) is 6.42 Å². The van der Waals surface area contributed by atoms with Crippen molar-refractivity contribution in [1.29, 1.82) is 0 Å². The second-order valence-corrected chi connectivity index (χ2v) is 4.48. The molecule has 0 aliphatic rings. The summed E-state index contributed by atoms with van der Waals surface area (Å²) in [5, 5.41) is 0. The number of hydrogen-bond acceptors (Lipinski definition) is 3. The average Bonchev–Trinajstić information content (AvgIpc) is 2.45. The fourth-order valence-electron chi connectivity index (χ4n) is 1.85. The summed E-state index contributed by atoms with van der Waals surface area (Å²) < 4.78 is 36.6. The molecule has 5 heteroatoms. The Labute approximate surface area is 122 Å². The molecule has 112 valence electrons. The van der Waals surface area contributed by atoms with Crippen LogP contribution in [0.25, 0.3) is 0 Å². The second-order valence-electron chi connectivity index (χ2n) is 4.48. The van der Waals surface area contributed by atoms with Crippen molar-refractivity contribution < 1.29 is 18.3 Å². The average molecular weight is 293 g/mol. The molecule has 21 heavy (non-hydrogen) atoms. The van der Waals surface area contributed by atoms with Gasteiger partial charge in [0.05, 0.1) is 0 Å². The molecule has 0 amide bonds. The monoisotopic (exact) mass is 293 g/mol. The Morgan fingerprint density at radius 1 is 0.810 bits per heavy atom. The van der Waals surface area contributed by atoms with Crippen LogP contribution in [0.4, 0.5) is 8.78 Å². The molecular weight excluding hydrogens is 276 g/mol. The molecule has 0 saturated carbocycles. The zero-order valence-electron chi connectivity index (χ0n) is 11.5. The van der Waals surface area contributed by atoms with E-state index in [1.165, 1.54) is 0 Å². The van der Waals surface area contributed by atoms with E-state index >= 15 is 0 Å². The first kappa shape index (κ1) is 15.3. The third kappa shape index (κ3) is 5.04. The largest absolute Gasteiger partial charge is 0.490 e. The lowest BCUT2D eigenvalue weighted by atomic mass is 10.1. The van der Waals surface area contributed by atoms with Gasteiger partial charge in [-0.25, -0.2) is 8.78 Å². The highest BCUT2D eigenvalue weighted by atomic mass is 19.1. The normalized spacial score (nSPS) is 10.4. The predicted molar refractivity (Wildman–Crippen MR) is 76.5 cm³/mol. The number of halogens is 2. The molecule has 0 atom stereocenters. The SMILES string of the molecule is NCCc1ccc(OCCOc2cc(F)cc(F)c2)cc1. The molecule has 0 unspecified atom stereocenters. The van der Waals surface area contributed by atoms with Gasteiger partial charge in [0.1, 0.15) is 36.3 Å². The highest BCUT2D eigenvalue weighted by Crippen LogP contribution is 2.16. The van der Waals surface area contributed by atoms with Crippen LogP contribution < -0.4 is 15.2 Å². The minimum atomic E-state index is -0.665. The highest BCUT2D eigenvalue weighted by Gasteiger charge is 2.01. The van der Waals surface area contributed by atoms with Gasteiger partial charge in [0.15, 0.2) is 0 Å². The van der Waals surface area contributed by atoms with Gasteiger partial charge in [0, 0.05) is 18.2 Å². The van der Waals surface area contributed by atoms with E-state index in [0.717, 1.165) is 30.2 Å². The summed E-state index contributed by atoms with van der Waals surface area (Å²) >= 11 is 0. The fraction of sp³-hybridized carbons (Fsp3) is 0.250. The molecular formula is C16H17F2NO2. The first-order valence-electron chi connectivity index (χ1n) is 6.68. The van der Waals surface area contributed by atoms with Gasteiger partial charge in [-0.3, -0.25) is 0 Å². The molecule has 0 bridgehead atoms. The van der Waals surface area contributed by atoms with Crippen molar-refractivity contribution in [3.63, 3.8) is 0 Å². The van der Waals surface area contributed by atoms with Crippen LogP contribution in [0.3, 0.4) is 0 Å². The summed E-state index contributed by atoms with van der Waals surface area (Å²) in [5.41, 5.74) is 6.62. The van der Waals surface area contributed by atoms with Gasteiger partial charge < -0.3 is 15.2 Å². The summed E-state index contributed by atoms with van der Waals surface area (Å²) in [7, 11) is 0. The van der Waals surface area contributed by atoms with Crippen LogP contribution >= 0.6 is 0 Å². The molecule has 2 N–H and O–H groups in total. The van der Waals surface area contributed by atoms with Crippen LogP contribution in [0.15, 0.2) is 42.5 Å². The molecule has 2 rings (SSSR count). The molecule has 2 aromatic carbocycles. The van der Waals surface area contributed by atoms with Crippen LogP contribution in [0, 0.1) is 11.6 Å². The van der Waals surface area contributed by atoms with E-state index in [1.807, 2.05) is 24.3 Å². The quantitative estimate of drug-likeness (QED) is 0.798. The minimum absolute atomic E-state index is 0.148. The zero-order chi connectivity index (χ0) is 15.1. The van der Waals surface area contributed by atoms with Crippen LogP contribution in [0.1, 0.15) is 5.56 Å². The summed E-state index contributed by atoms with van der Waals surface area (Å²) in [4.78, 5) is 0. The van der Waals surface area contributed by atoms with Gasteiger partial charge in [-0.05, 0) is 30.7 Å². The fourth-order valence-corrected chi connectivity index (χ4v) is 1.85. The maximum absolute atomic E-state index is 12.9. The van der Waals surface area contributed by atoms with Crippen molar-refractivity contribution in [2.24, 2.45) is 5.73 Å². The third-order valence-electron chi connectivity index (χ3n) is 2.81. The first-order valence-corrected chi connectivity index (χ1v) is 6.68. The van der Waals surface area contributed by atoms with Crippen molar-refractivity contribution in [1.82, 2.24) is 0 Å². The number of ether oxygens (including phenoxy) is 2. The van der Waals surface area contributed by atoms with Crippen LogP contribution in [-0.4, -0.2) is 19.8 Å². The van der Waals surface area contributed by atoms with Gasteiger partial charge in [0.2, 0.25) is 0 Å². The van der Waals surface area contributed by atoms with Crippen LogP contribution in [0.5, 0.6) is 11.5 Å². The van der Waals surface area contributed by atoms with Crippen LogP contribution in [0.2, 0.25) is 0 Å². The molecule has 0 aliphatic heterocycles. The Hall–Kier alpha value is -2.14. The number of benzene rings is 2. The van der Waals surface area contributed by atoms with E-state index in [-0.39, 0.29) is 19.0 Å². The molecule has 0 radical (unpaired) electrons. The Kier molecular flexibility index (Phi) is 5.51. The Balaban J connectivity index is 1.76. The van der Waals surface area contributed by atoms with Gasteiger partial charge in [-0.2, -0.15) is 0 Å². The van der Waals surface area contributed by atoms with Gasteiger partial charge in [0.25, 0.3) is 0 Å². The Bertz CT molecular complexity index is 553. The van der Waals surface area contributed by atoms with Crippen molar-refractivity contribution >= 4 is 0 Å². The molecule has 0 fully saturated rings. The molecule has 0 saturated heterocycles. The number of rotatable bonds is 7. The summed E-state index contributed by atoms with van der Waals surface area (Å²) in [5.74, 6) is -0.470. The second kappa shape index (κ2) is 7.59. The minimum Gasteiger partial charge on any atom is -0.490 e. The van der Waals surface area contributed by atoms with Gasteiger partial charge in [-0.15, -0.1) is 0 Å². The van der Waals surface area contributed by atoms with E-state index < -0.39 is 11.6 Å². The van der Waals surface area contributed by atoms with Crippen molar-refractivity contribution in [2.45, 2.75) is 6.42 Å². The Morgan fingerprint density at radius 2 is 1.38 bits per heavy atom. The number of hydrogen-bond donors (Lipinski definition) is 1. The first-order chi connectivity index (χ1) is 10.2. The molecule has 0 heterocycles. The Morgan fingerprint density at radius 3 is 1.95 bits per heavy atom. The number of nitrogens with two attached hydrogens (primary N) is 1.